The van der Waals surface area contributed by atoms with Crippen molar-refractivity contribution in [2.24, 2.45) is 0 Å². The zero-order valence-corrected chi connectivity index (χ0v) is 15.3. The molecule has 0 saturated heterocycles. The van der Waals surface area contributed by atoms with Crippen LogP contribution in [0.15, 0.2) is 54.7 Å². The highest BCUT2D eigenvalue weighted by molar-refractivity contribution is 6.05. The first-order valence-electron chi connectivity index (χ1n) is 8.99. The molecule has 1 unspecified atom stereocenters. The Morgan fingerprint density at radius 3 is 2.85 bits per heavy atom. The van der Waals surface area contributed by atoms with Crippen molar-refractivity contribution in [3.8, 4) is 0 Å². The van der Waals surface area contributed by atoms with E-state index >= 15 is 0 Å². The third-order valence-electron chi connectivity index (χ3n) is 5.37. The third kappa shape index (κ3) is 2.76. The molecule has 4 heteroatoms. The molecule has 2 N–H and O–H groups in total. The Kier molecular flexibility index (Phi) is 4.00. The summed E-state index contributed by atoms with van der Waals surface area (Å²) in [7, 11) is 0. The fourth-order valence-corrected chi connectivity index (χ4v) is 3.56. The van der Waals surface area contributed by atoms with Gasteiger partial charge >= 0.3 is 0 Å². The van der Waals surface area contributed by atoms with Gasteiger partial charge in [0.2, 0.25) is 5.91 Å². The van der Waals surface area contributed by atoms with Gasteiger partial charge in [0.1, 0.15) is 0 Å². The molecule has 3 aromatic rings. The van der Waals surface area contributed by atoms with E-state index in [1.165, 1.54) is 16.5 Å². The van der Waals surface area contributed by atoms with Crippen molar-refractivity contribution in [3.63, 3.8) is 0 Å². The predicted molar refractivity (Wildman–Crippen MR) is 105 cm³/mol. The van der Waals surface area contributed by atoms with E-state index in [9.17, 15) is 4.79 Å². The lowest BCUT2D eigenvalue weighted by molar-refractivity contribution is -0.119. The molecule has 0 bridgehead atoms. The van der Waals surface area contributed by atoms with E-state index in [4.69, 9.17) is 0 Å². The van der Waals surface area contributed by atoms with Crippen molar-refractivity contribution >= 4 is 22.5 Å². The second-order valence-electron chi connectivity index (χ2n) is 7.47. The summed E-state index contributed by atoms with van der Waals surface area (Å²) in [5.41, 5.74) is 4.96. The minimum Gasteiger partial charge on any atom is -0.325 e. The number of aromatic nitrogens is 1. The molecule has 0 fully saturated rings. The van der Waals surface area contributed by atoms with E-state index in [2.05, 4.69) is 46.8 Å². The molecule has 0 saturated carbocycles. The molecule has 1 amide bonds. The summed E-state index contributed by atoms with van der Waals surface area (Å²) in [6.07, 6.45) is 1.82. The fourth-order valence-electron chi connectivity index (χ4n) is 3.56. The number of amides is 1. The largest absolute Gasteiger partial charge is 0.325 e. The van der Waals surface area contributed by atoms with Gasteiger partial charge in [-0.05, 0) is 55.7 Å². The Bertz CT molecular complexity index is 988. The molecule has 1 atom stereocenters. The van der Waals surface area contributed by atoms with Gasteiger partial charge in [0.25, 0.3) is 0 Å². The monoisotopic (exact) mass is 345 g/mol. The van der Waals surface area contributed by atoms with Crippen LogP contribution in [0, 0.1) is 0 Å². The van der Waals surface area contributed by atoms with Crippen molar-refractivity contribution < 1.29 is 4.79 Å². The molecule has 1 aromatic heterocycles. The fraction of sp³-hybridized carbons (Fsp3) is 0.273. The van der Waals surface area contributed by atoms with Gasteiger partial charge in [0.05, 0.1) is 10.9 Å². The number of pyridine rings is 1. The normalized spacial score (nSPS) is 16.3. The number of rotatable bonds is 4. The summed E-state index contributed by atoms with van der Waals surface area (Å²) in [4.78, 5) is 16.6. The van der Waals surface area contributed by atoms with E-state index in [1.54, 1.807) is 0 Å². The summed E-state index contributed by atoms with van der Waals surface area (Å²) in [6.45, 7) is 6.86. The van der Waals surface area contributed by atoms with Crippen molar-refractivity contribution in [2.45, 2.75) is 38.8 Å². The van der Waals surface area contributed by atoms with E-state index in [-0.39, 0.29) is 11.9 Å². The molecule has 26 heavy (non-hydrogen) atoms. The van der Waals surface area contributed by atoms with Crippen LogP contribution in [0.25, 0.3) is 10.9 Å². The minimum atomic E-state index is -0.480. The number of nitrogens with one attached hydrogen (secondary N) is 2. The average molecular weight is 345 g/mol. The molecule has 0 aliphatic carbocycles. The van der Waals surface area contributed by atoms with Gasteiger partial charge in [0.15, 0.2) is 0 Å². The Labute approximate surface area is 153 Å². The van der Waals surface area contributed by atoms with Crippen LogP contribution in [0.3, 0.4) is 0 Å². The topological polar surface area (TPSA) is 54.0 Å². The maximum Gasteiger partial charge on any atom is 0.234 e. The van der Waals surface area contributed by atoms with Crippen LogP contribution in [0.1, 0.15) is 43.5 Å². The molecule has 1 aliphatic rings. The van der Waals surface area contributed by atoms with E-state index in [0.717, 1.165) is 23.3 Å². The number of carbonyl (C=O) groups is 1. The van der Waals surface area contributed by atoms with E-state index in [0.29, 0.717) is 0 Å². The second kappa shape index (κ2) is 6.22. The molecule has 4 rings (SSSR count). The Hall–Kier alpha value is -2.72. The van der Waals surface area contributed by atoms with Crippen LogP contribution in [0.4, 0.5) is 5.69 Å². The maximum atomic E-state index is 12.1. The van der Waals surface area contributed by atoms with Crippen molar-refractivity contribution in [1.29, 1.82) is 0 Å². The SMILES string of the molecule is CC(NCc1cccc2ncccc12)c1ccc2c(c1)C(C)(C)C(=O)N2. The summed E-state index contributed by atoms with van der Waals surface area (Å²) >= 11 is 0. The standard InChI is InChI=1S/C22H23N3O/c1-14(15-9-10-20-18(12-15)22(2,3)21(26)25-20)24-13-16-6-4-8-19-17(16)7-5-11-23-19/h4-12,14,24H,13H2,1-3H3,(H,25,26). The van der Waals surface area contributed by atoms with Gasteiger partial charge in [-0.25, -0.2) is 0 Å². The van der Waals surface area contributed by atoms with Crippen LogP contribution in [-0.4, -0.2) is 10.9 Å². The number of fused-ring (bicyclic) bond motifs is 2. The van der Waals surface area contributed by atoms with Crippen molar-refractivity contribution in [2.75, 3.05) is 5.32 Å². The number of nitrogens with zero attached hydrogens (tertiary/aromatic N) is 1. The van der Waals surface area contributed by atoms with Gasteiger partial charge in [-0.1, -0.05) is 30.3 Å². The lowest BCUT2D eigenvalue weighted by Gasteiger charge is -2.19. The Morgan fingerprint density at radius 1 is 1.15 bits per heavy atom. The highest BCUT2D eigenvalue weighted by atomic mass is 16.2. The minimum absolute atomic E-state index is 0.0634. The molecule has 2 aromatic carbocycles. The van der Waals surface area contributed by atoms with Crippen LogP contribution >= 0.6 is 0 Å². The quantitative estimate of drug-likeness (QED) is 0.740. The van der Waals surface area contributed by atoms with Crippen LogP contribution in [0.2, 0.25) is 0 Å². The number of carbonyl (C=O) groups excluding carboxylic acids is 1. The van der Waals surface area contributed by atoms with Crippen LogP contribution in [-0.2, 0) is 16.8 Å². The number of hydrogen-bond donors (Lipinski definition) is 2. The van der Waals surface area contributed by atoms with Gasteiger partial charge in [-0.2, -0.15) is 0 Å². The smallest absolute Gasteiger partial charge is 0.234 e. The van der Waals surface area contributed by atoms with Crippen LogP contribution in [0.5, 0.6) is 0 Å². The first-order valence-corrected chi connectivity index (χ1v) is 8.99. The molecule has 4 nitrogen and oxygen atoms in total. The third-order valence-corrected chi connectivity index (χ3v) is 5.37. The Balaban J connectivity index is 1.55. The van der Waals surface area contributed by atoms with Gasteiger partial charge in [-0.15, -0.1) is 0 Å². The predicted octanol–water partition coefficient (Wildman–Crippen LogP) is 4.32. The van der Waals surface area contributed by atoms with E-state index < -0.39 is 5.41 Å². The number of benzene rings is 2. The second-order valence-corrected chi connectivity index (χ2v) is 7.47. The molecular weight excluding hydrogens is 322 g/mol. The van der Waals surface area contributed by atoms with E-state index in [1.807, 2.05) is 44.3 Å². The highest BCUT2D eigenvalue weighted by Crippen LogP contribution is 2.38. The maximum absolute atomic E-state index is 12.1. The zero-order valence-electron chi connectivity index (χ0n) is 15.3. The summed E-state index contributed by atoms with van der Waals surface area (Å²) in [5.74, 6) is 0.0634. The number of anilines is 1. The van der Waals surface area contributed by atoms with Crippen molar-refractivity contribution in [1.82, 2.24) is 10.3 Å². The zero-order chi connectivity index (χ0) is 18.3. The first kappa shape index (κ1) is 16.7. The Morgan fingerprint density at radius 2 is 2.00 bits per heavy atom. The molecule has 132 valence electrons. The summed E-state index contributed by atoms with van der Waals surface area (Å²) in [5, 5.41) is 7.75. The molecule has 1 aliphatic heterocycles. The number of hydrogen-bond acceptors (Lipinski definition) is 3. The van der Waals surface area contributed by atoms with Crippen molar-refractivity contribution in [3.05, 3.63) is 71.4 Å². The molecular formula is C22H23N3O. The highest BCUT2D eigenvalue weighted by Gasteiger charge is 2.38. The molecule has 0 radical (unpaired) electrons. The summed E-state index contributed by atoms with van der Waals surface area (Å²) < 4.78 is 0. The van der Waals surface area contributed by atoms with Gasteiger partial charge in [-0.3, -0.25) is 9.78 Å². The van der Waals surface area contributed by atoms with Crippen LogP contribution < -0.4 is 10.6 Å². The lowest BCUT2D eigenvalue weighted by atomic mass is 9.85. The molecule has 0 spiro atoms. The lowest BCUT2D eigenvalue weighted by Crippen LogP contribution is -2.27. The van der Waals surface area contributed by atoms with Gasteiger partial charge in [0, 0.05) is 29.9 Å². The molecule has 2 heterocycles. The average Bonchev–Trinajstić information content (AvgIpc) is 2.88. The summed E-state index contributed by atoms with van der Waals surface area (Å²) in [6, 6.07) is 16.7. The first-order chi connectivity index (χ1) is 12.5. The van der Waals surface area contributed by atoms with Gasteiger partial charge < -0.3 is 10.6 Å².